The lowest BCUT2D eigenvalue weighted by atomic mass is 10.2. The predicted octanol–water partition coefficient (Wildman–Crippen LogP) is 3.75. The highest BCUT2D eigenvalue weighted by Gasteiger charge is 1.91. The van der Waals surface area contributed by atoms with Crippen molar-refractivity contribution in [3.8, 4) is 5.75 Å². The molecular weight excluding hydrogens is 222 g/mol. The van der Waals surface area contributed by atoms with Gasteiger partial charge in [0.2, 0.25) is 0 Å². The number of hydrogen-bond donors (Lipinski definition) is 0. The molecular formula is C13H10ClNO. The lowest BCUT2D eigenvalue weighted by molar-refractivity contribution is 0.344. The second kappa shape index (κ2) is 5.33. The molecule has 0 aliphatic heterocycles. The summed E-state index contributed by atoms with van der Waals surface area (Å²) in [6.07, 6.45) is 1.66. The summed E-state index contributed by atoms with van der Waals surface area (Å²) in [4.78, 5) is 5.18. The minimum Gasteiger partial charge on any atom is -0.357 e. The number of benzene rings is 2. The Hall–Kier alpha value is -1.80. The highest BCUT2D eigenvalue weighted by Crippen LogP contribution is 2.15. The number of hydrogen-bond acceptors (Lipinski definition) is 2. The lowest BCUT2D eigenvalue weighted by Crippen LogP contribution is -1.85. The monoisotopic (exact) mass is 231 g/mol. The van der Waals surface area contributed by atoms with E-state index in [4.69, 9.17) is 16.4 Å². The van der Waals surface area contributed by atoms with Crippen molar-refractivity contribution in [2.75, 3.05) is 0 Å². The van der Waals surface area contributed by atoms with Crippen LogP contribution in [0.3, 0.4) is 0 Å². The molecule has 2 rings (SSSR count). The molecule has 2 nitrogen and oxygen atoms in total. The zero-order valence-electron chi connectivity index (χ0n) is 8.51. The maximum absolute atomic E-state index is 5.75. The Bertz CT molecular complexity index is 465. The van der Waals surface area contributed by atoms with Crippen LogP contribution in [0.15, 0.2) is 59.8 Å². The maximum atomic E-state index is 5.75. The summed E-state index contributed by atoms with van der Waals surface area (Å²) in [7, 11) is 0. The third-order valence-electron chi connectivity index (χ3n) is 1.97. The molecule has 0 aromatic heterocycles. The molecule has 0 atom stereocenters. The van der Waals surface area contributed by atoms with Crippen molar-refractivity contribution in [2.45, 2.75) is 0 Å². The van der Waals surface area contributed by atoms with Crippen LogP contribution in [-0.4, -0.2) is 6.21 Å². The standard InChI is InChI=1S/C13H10ClNO/c14-12-6-8-13(9-7-12)16-15-10-11-4-2-1-3-5-11/h1-10H/b15-10+. The summed E-state index contributed by atoms with van der Waals surface area (Å²) in [5.41, 5.74) is 0.997. The molecule has 0 aliphatic rings. The lowest BCUT2D eigenvalue weighted by Gasteiger charge is -1.97. The van der Waals surface area contributed by atoms with Crippen molar-refractivity contribution >= 4 is 17.8 Å². The van der Waals surface area contributed by atoms with E-state index in [9.17, 15) is 0 Å². The summed E-state index contributed by atoms with van der Waals surface area (Å²) in [5.74, 6) is 0.664. The molecule has 0 radical (unpaired) electrons. The zero-order chi connectivity index (χ0) is 11.2. The van der Waals surface area contributed by atoms with E-state index in [0.29, 0.717) is 10.8 Å². The van der Waals surface area contributed by atoms with E-state index in [1.54, 1.807) is 30.5 Å². The van der Waals surface area contributed by atoms with Gasteiger partial charge in [0.1, 0.15) is 0 Å². The Labute approximate surface area is 99.1 Å². The molecule has 0 saturated heterocycles. The van der Waals surface area contributed by atoms with E-state index in [2.05, 4.69) is 5.16 Å². The number of halogens is 1. The Morgan fingerprint density at radius 1 is 0.938 bits per heavy atom. The molecule has 0 fully saturated rings. The predicted molar refractivity (Wildman–Crippen MR) is 66.1 cm³/mol. The van der Waals surface area contributed by atoms with Crippen molar-refractivity contribution in [3.05, 3.63) is 65.2 Å². The fourth-order valence-electron chi connectivity index (χ4n) is 1.18. The summed E-state index contributed by atoms with van der Waals surface area (Å²) < 4.78 is 0. The third kappa shape index (κ3) is 3.11. The second-order valence-corrected chi connectivity index (χ2v) is 3.63. The van der Waals surface area contributed by atoms with Gasteiger partial charge >= 0.3 is 0 Å². The van der Waals surface area contributed by atoms with Crippen molar-refractivity contribution in [1.82, 2.24) is 0 Å². The molecule has 0 unspecified atom stereocenters. The largest absolute Gasteiger partial charge is 0.357 e. The van der Waals surface area contributed by atoms with E-state index in [-0.39, 0.29) is 0 Å². The van der Waals surface area contributed by atoms with Crippen LogP contribution in [0.25, 0.3) is 0 Å². The molecule has 2 aromatic carbocycles. The van der Waals surface area contributed by atoms with E-state index >= 15 is 0 Å². The van der Waals surface area contributed by atoms with Gasteiger partial charge in [-0.1, -0.05) is 47.1 Å². The normalized spacial score (nSPS) is 10.6. The van der Waals surface area contributed by atoms with Crippen LogP contribution in [-0.2, 0) is 0 Å². The Balaban J connectivity index is 1.97. The molecule has 0 heterocycles. The molecule has 0 aliphatic carbocycles. The summed E-state index contributed by atoms with van der Waals surface area (Å²) in [6.45, 7) is 0. The van der Waals surface area contributed by atoms with E-state index < -0.39 is 0 Å². The first kappa shape index (κ1) is 10.7. The fraction of sp³-hybridized carbons (Fsp3) is 0. The van der Waals surface area contributed by atoms with Crippen LogP contribution in [0.2, 0.25) is 5.02 Å². The van der Waals surface area contributed by atoms with Gasteiger partial charge in [-0.05, 0) is 29.8 Å². The summed E-state index contributed by atoms with van der Waals surface area (Å²) >= 11 is 5.75. The number of rotatable bonds is 3. The van der Waals surface area contributed by atoms with Crippen LogP contribution < -0.4 is 4.84 Å². The first-order valence-electron chi connectivity index (χ1n) is 4.85. The van der Waals surface area contributed by atoms with Gasteiger partial charge in [0, 0.05) is 5.02 Å². The molecule has 3 heteroatoms. The Morgan fingerprint density at radius 3 is 2.31 bits per heavy atom. The SMILES string of the molecule is Clc1ccc(O/N=C/c2ccccc2)cc1. The van der Waals surface area contributed by atoms with Crippen LogP contribution >= 0.6 is 11.6 Å². The smallest absolute Gasteiger partial charge is 0.158 e. The zero-order valence-corrected chi connectivity index (χ0v) is 9.26. The van der Waals surface area contributed by atoms with Crippen molar-refractivity contribution in [3.63, 3.8) is 0 Å². The molecule has 0 N–H and O–H groups in total. The first-order valence-corrected chi connectivity index (χ1v) is 5.23. The fourth-order valence-corrected chi connectivity index (χ4v) is 1.31. The summed E-state index contributed by atoms with van der Waals surface area (Å²) in [5, 5.41) is 4.55. The van der Waals surface area contributed by atoms with Crippen LogP contribution in [0.4, 0.5) is 0 Å². The Morgan fingerprint density at radius 2 is 1.62 bits per heavy atom. The minimum absolute atomic E-state index is 0.664. The highest BCUT2D eigenvalue weighted by atomic mass is 35.5. The van der Waals surface area contributed by atoms with Crippen LogP contribution in [0.1, 0.15) is 5.56 Å². The van der Waals surface area contributed by atoms with Crippen molar-refractivity contribution < 1.29 is 4.84 Å². The van der Waals surface area contributed by atoms with Gasteiger partial charge < -0.3 is 4.84 Å². The van der Waals surface area contributed by atoms with Crippen LogP contribution in [0, 0.1) is 0 Å². The van der Waals surface area contributed by atoms with Crippen LogP contribution in [0.5, 0.6) is 5.75 Å². The van der Waals surface area contributed by atoms with Gasteiger partial charge in [-0.2, -0.15) is 0 Å². The van der Waals surface area contributed by atoms with Crippen molar-refractivity contribution in [2.24, 2.45) is 5.16 Å². The number of nitrogens with zero attached hydrogens (tertiary/aromatic N) is 1. The topological polar surface area (TPSA) is 21.6 Å². The van der Waals surface area contributed by atoms with Gasteiger partial charge in [0.15, 0.2) is 5.75 Å². The average Bonchev–Trinajstić information content (AvgIpc) is 2.33. The second-order valence-electron chi connectivity index (χ2n) is 3.19. The minimum atomic E-state index is 0.664. The van der Waals surface area contributed by atoms with Gasteiger partial charge in [-0.3, -0.25) is 0 Å². The van der Waals surface area contributed by atoms with Gasteiger partial charge in [-0.25, -0.2) is 0 Å². The highest BCUT2D eigenvalue weighted by molar-refractivity contribution is 6.30. The third-order valence-corrected chi connectivity index (χ3v) is 2.23. The molecule has 16 heavy (non-hydrogen) atoms. The molecule has 0 saturated carbocycles. The van der Waals surface area contributed by atoms with Crippen molar-refractivity contribution in [1.29, 1.82) is 0 Å². The summed E-state index contributed by atoms with van der Waals surface area (Å²) in [6, 6.07) is 16.8. The Kier molecular flexibility index (Phi) is 3.57. The molecule has 0 amide bonds. The molecule has 80 valence electrons. The van der Waals surface area contributed by atoms with E-state index in [1.165, 1.54) is 0 Å². The average molecular weight is 232 g/mol. The van der Waals surface area contributed by atoms with E-state index in [0.717, 1.165) is 5.56 Å². The maximum Gasteiger partial charge on any atom is 0.158 e. The number of oxime groups is 1. The molecule has 0 bridgehead atoms. The van der Waals surface area contributed by atoms with E-state index in [1.807, 2.05) is 30.3 Å². The van der Waals surface area contributed by atoms with Gasteiger partial charge in [0.05, 0.1) is 6.21 Å². The van der Waals surface area contributed by atoms with Gasteiger partial charge in [-0.15, -0.1) is 0 Å². The molecule has 2 aromatic rings. The molecule has 0 spiro atoms. The quantitative estimate of drug-likeness (QED) is 0.582. The van der Waals surface area contributed by atoms with Gasteiger partial charge in [0.25, 0.3) is 0 Å². The first-order chi connectivity index (χ1) is 7.84.